The lowest BCUT2D eigenvalue weighted by Crippen LogP contribution is -2.65. The van der Waals surface area contributed by atoms with Gasteiger partial charge in [0.25, 0.3) is 0 Å². The Morgan fingerprint density at radius 1 is 1.23 bits per heavy atom. The molecule has 31 heavy (non-hydrogen) atoms. The second kappa shape index (κ2) is 8.30. The van der Waals surface area contributed by atoms with Crippen molar-refractivity contribution in [1.82, 2.24) is 19.4 Å². The van der Waals surface area contributed by atoms with E-state index in [4.69, 9.17) is 4.74 Å². The largest absolute Gasteiger partial charge is 0.497 e. The maximum absolute atomic E-state index is 13.1. The van der Waals surface area contributed by atoms with E-state index < -0.39 is 0 Å². The van der Waals surface area contributed by atoms with Crippen molar-refractivity contribution in [2.45, 2.75) is 57.7 Å². The van der Waals surface area contributed by atoms with E-state index in [1.54, 1.807) is 7.11 Å². The molecule has 4 heterocycles. The summed E-state index contributed by atoms with van der Waals surface area (Å²) in [5.41, 5.74) is 2.54. The van der Waals surface area contributed by atoms with Gasteiger partial charge in [-0.05, 0) is 62.1 Å². The van der Waals surface area contributed by atoms with Crippen molar-refractivity contribution in [3.8, 4) is 5.75 Å². The van der Waals surface area contributed by atoms with Crippen LogP contribution in [0.4, 0.5) is 0 Å². The van der Waals surface area contributed by atoms with Gasteiger partial charge in [-0.3, -0.25) is 9.69 Å². The molecule has 3 saturated heterocycles. The molecule has 0 aliphatic carbocycles. The minimum atomic E-state index is 0.275. The van der Waals surface area contributed by atoms with Crippen LogP contribution in [0, 0.1) is 18.8 Å². The number of carbonyl (C=O) groups excluding carboxylic acids is 1. The predicted molar refractivity (Wildman–Crippen MR) is 120 cm³/mol. The quantitative estimate of drug-likeness (QED) is 0.743. The highest BCUT2D eigenvalue weighted by molar-refractivity contribution is 5.78. The van der Waals surface area contributed by atoms with Gasteiger partial charge < -0.3 is 14.2 Å². The van der Waals surface area contributed by atoms with Crippen LogP contribution in [0.3, 0.4) is 0 Å². The van der Waals surface area contributed by atoms with E-state index in [-0.39, 0.29) is 6.04 Å². The Labute approximate surface area is 185 Å². The number of amides is 1. The highest BCUT2D eigenvalue weighted by Crippen LogP contribution is 2.43. The van der Waals surface area contributed by atoms with Gasteiger partial charge in [0.15, 0.2) is 0 Å². The van der Waals surface area contributed by atoms with Crippen molar-refractivity contribution in [2.75, 3.05) is 20.2 Å². The molecule has 2 bridgehead atoms. The normalized spacial score (nSPS) is 28.5. The molecule has 0 radical (unpaired) electrons. The van der Waals surface area contributed by atoms with Crippen LogP contribution in [-0.4, -0.2) is 57.5 Å². The molecule has 1 aromatic heterocycles. The van der Waals surface area contributed by atoms with Crippen LogP contribution in [-0.2, 0) is 24.8 Å². The molecule has 3 fully saturated rings. The van der Waals surface area contributed by atoms with Gasteiger partial charge >= 0.3 is 0 Å². The van der Waals surface area contributed by atoms with Crippen molar-refractivity contribution in [3.05, 3.63) is 47.5 Å². The van der Waals surface area contributed by atoms with Crippen LogP contribution in [0.15, 0.2) is 30.5 Å². The molecule has 6 nitrogen and oxygen atoms in total. The number of methoxy groups -OCH3 is 1. The number of carbonyl (C=O) groups is 1. The zero-order valence-electron chi connectivity index (χ0n) is 19.0. The summed E-state index contributed by atoms with van der Waals surface area (Å²) in [7, 11) is 3.82. The van der Waals surface area contributed by atoms with E-state index in [1.807, 2.05) is 12.3 Å². The fourth-order valence-electron chi connectivity index (χ4n) is 6.23. The van der Waals surface area contributed by atoms with Crippen molar-refractivity contribution in [2.24, 2.45) is 18.9 Å². The summed E-state index contributed by atoms with van der Waals surface area (Å²) in [4.78, 5) is 22.5. The first-order valence-electron chi connectivity index (χ1n) is 11.7. The Morgan fingerprint density at radius 2 is 2.06 bits per heavy atom. The first kappa shape index (κ1) is 20.6. The molecule has 5 rings (SSSR count). The lowest BCUT2D eigenvalue weighted by molar-refractivity contribution is -0.152. The van der Waals surface area contributed by atoms with E-state index in [0.29, 0.717) is 30.2 Å². The molecule has 0 spiro atoms. The van der Waals surface area contributed by atoms with Gasteiger partial charge in [-0.15, -0.1) is 0 Å². The van der Waals surface area contributed by atoms with Gasteiger partial charge in [0.2, 0.25) is 5.91 Å². The zero-order chi connectivity index (χ0) is 21.5. The lowest BCUT2D eigenvalue weighted by atomic mass is 9.70. The fourth-order valence-corrected chi connectivity index (χ4v) is 6.23. The molecule has 1 amide bonds. The van der Waals surface area contributed by atoms with Crippen LogP contribution >= 0.6 is 0 Å². The van der Waals surface area contributed by atoms with Crippen molar-refractivity contribution >= 4 is 5.91 Å². The smallest absolute Gasteiger partial charge is 0.223 e. The number of imidazole rings is 1. The summed E-state index contributed by atoms with van der Waals surface area (Å²) in [5, 5.41) is 0. The van der Waals surface area contributed by atoms with Crippen LogP contribution in [0.25, 0.3) is 0 Å². The second-order valence-corrected chi connectivity index (χ2v) is 9.69. The Kier molecular flexibility index (Phi) is 5.51. The summed E-state index contributed by atoms with van der Waals surface area (Å²) in [5.74, 6) is 3.42. The fraction of sp³-hybridized carbons (Fsp3) is 0.600. The number of ether oxygens (including phenoxy) is 1. The molecule has 3 aliphatic heterocycles. The number of fused-ring (bicyclic) bond motifs is 4. The molecule has 1 aromatic carbocycles. The van der Waals surface area contributed by atoms with E-state index in [1.165, 1.54) is 17.7 Å². The standard InChI is InChI=1S/C25H34N4O2/c1-17-26-13-21(27(17)2)16-28-14-19-12-20(15-28)24(29-23(19)8-5-9-25(29)30)11-18-6-4-7-22(10-18)31-3/h4,6-7,10,13,19-20,23-24H,5,8-9,11-12,14-16H2,1-3H3/t19-,20+,23+,24+/m1/s1. The highest BCUT2D eigenvalue weighted by Gasteiger charge is 2.49. The third kappa shape index (κ3) is 3.86. The van der Waals surface area contributed by atoms with Gasteiger partial charge in [-0.2, -0.15) is 0 Å². The topological polar surface area (TPSA) is 50.6 Å². The highest BCUT2D eigenvalue weighted by atomic mass is 16.5. The summed E-state index contributed by atoms with van der Waals surface area (Å²) >= 11 is 0. The molecule has 2 aromatic rings. The minimum absolute atomic E-state index is 0.275. The first-order valence-corrected chi connectivity index (χ1v) is 11.7. The average molecular weight is 423 g/mol. The predicted octanol–water partition coefficient (Wildman–Crippen LogP) is 3.18. The van der Waals surface area contributed by atoms with Crippen LogP contribution in [0.1, 0.15) is 42.8 Å². The van der Waals surface area contributed by atoms with E-state index in [0.717, 1.165) is 50.5 Å². The average Bonchev–Trinajstić information content (AvgIpc) is 3.09. The number of rotatable bonds is 5. The van der Waals surface area contributed by atoms with Gasteiger partial charge in [0, 0.05) is 51.4 Å². The molecule has 6 heteroatoms. The van der Waals surface area contributed by atoms with Crippen molar-refractivity contribution in [1.29, 1.82) is 0 Å². The van der Waals surface area contributed by atoms with Gasteiger partial charge in [-0.25, -0.2) is 4.98 Å². The van der Waals surface area contributed by atoms with Crippen molar-refractivity contribution < 1.29 is 9.53 Å². The lowest BCUT2D eigenvalue weighted by Gasteiger charge is -2.56. The summed E-state index contributed by atoms with van der Waals surface area (Å²) in [6.07, 6.45) is 7.07. The maximum atomic E-state index is 13.1. The van der Waals surface area contributed by atoms with Gasteiger partial charge in [-0.1, -0.05) is 12.1 Å². The molecule has 166 valence electrons. The van der Waals surface area contributed by atoms with Gasteiger partial charge in [0.1, 0.15) is 11.6 Å². The number of aromatic nitrogens is 2. The number of hydrogen-bond donors (Lipinski definition) is 0. The van der Waals surface area contributed by atoms with Crippen LogP contribution in [0.5, 0.6) is 5.75 Å². The molecular weight excluding hydrogens is 388 g/mol. The third-order valence-electron chi connectivity index (χ3n) is 7.85. The molecule has 4 atom stereocenters. The third-order valence-corrected chi connectivity index (χ3v) is 7.85. The number of nitrogens with zero attached hydrogens (tertiary/aromatic N) is 4. The van der Waals surface area contributed by atoms with E-state index >= 15 is 0 Å². The van der Waals surface area contributed by atoms with Gasteiger partial charge in [0.05, 0.1) is 12.8 Å². The van der Waals surface area contributed by atoms with Crippen molar-refractivity contribution in [3.63, 3.8) is 0 Å². The molecule has 0 unspecified atom stereocenters. The second-order valence-electron chi connectivity index (χ2n) is 9.69. The molecular formula is C25H34N4O2. The number of piperidine rings is 3. The van der Waals surface area contributed by atoms with E-state index in [9.17, 15) is 4.79 Å². The Hall–Kier alpha value is -2.34. The Morgan fingerprint density at radius 3 is 2.84 bits per heavy atom. The van der Waals surface area contributed by atoms with E-state index in [2.05, 4.69) is 51.5 Å². The molecule has 3 aliphatic rings. The number of hydrogen-bond acceptors (Lipinski definition) is 4. The van der Waals surface area contributed by atoms with Crippen LogP contribution in [0.2, 0.25) is 0 Å². The SMILES string of the molecule is COc1cccc(C[C@H]2[C@H]3C[C@H](CN(Cc4cnc(C)n4C)C3)[C@@H]3CCCC(=O)N32)c1. The number of aryl methyl sites for hydroxylation is 1. The summed E-state index contributed by atoms with van der Waals surface area (Å²) < 4.78 is 7.66. The Bertz CT molecular complexity index is 955. The zero-order valence-corrected chi connectivity index (χ0v) is 19.0. The maximum Gasteiger partial charge on any atom is 0.223 e. The monoisotopic (exact) mass is 422 g/mol. The number of likely N-dealkylation sites (tertiary alicyclic amines) is 1. The summed E-state index contributed by atoms with van der Waals surface area (Å²) in [6.45, 7) is 5.13. The molecule has 0 N–H and O–H groups in total. The Balaban J connectivity index is 1.41. The number of benzene rings is 1. The first-order chi connectivity index (χ1) is 15.0. The minimum Gasteiger partial charge on any atom is -0.497 e. The molecule has 0 saturated carbocycles. The van der Waals surface area contributed by atoms with Crippen LogP contribution < -0.4 is 4.74 Å². The summed E-state index contributed by atoms with van der Waals surface area (Å²) in [6, 6.07) is 9.04.